The summed E-state index contributed by atoms with van der Waals surface area (Å²) in [5, 5.41) is 0. The molecule has 1 aliphatic carbocycles. The highest BCUT2D eigenvalue weighted by molar-refractivity contribution is 5.64. The lowest BCUT2D eigenvalue weighted by molar-refractivity contribution is -0.223. The summed E-state index contributed by atoms with van der Waals surface area (Å²) in [7, 11) is 0. The van der Waals surface area contributed by atoms with Gasteiger partial charge < -0.3 is 9.47 Å². The van der Waals surface area contributed by atoms with Crippen LogP contribution < -0.4 is 4.74 Å². The first-order valence-electron chi connectivity index (χ1n) is 14.9. The molecular formula is C34H34F8O2. The van der Waals surface area contributed by atoms with E-state index < -0.39 is 47.2 Å². The largest absolute Gasteiger partial charge is 0.432 e. The number of epoxide rings is 1. The van der Waals surface area contributed by atoms with Crippen LogP contribution in [-0.2, 0) is 29.9 Å². The Morgan fingerprint density at radius 3 is 1.80 bits per heavy atom. The van der Waals surface area contributed by atoms with Gasteiger partial charge in [0.2, 0.25) is 0 Å². The van der Waals surface area contributed by atoms with Crippen molar-refractivity contribution in [1.82, 2.24) is 0 Å². The Morgan fingerprint density at radius 2 is 1.30 bits per heavy atom. The molecular weight excluding hydrogens is 592 g/mol. The van der Waals surface area contributed by atoms with E-state index >= 15 is 0 Å². The van der Waals surface area contributed by atoms with Gasteiger partial charge in [-0.1, -0.05) is 55.8 Å². The molecule has 1 saturated carbocycles. The minimum Gasteiger partial charge on any atom is -0.432 e. The summed E-state index contributed by atoms with van der Waals surface area (Å²) in [6.45, 7) is 3.41. The van der Waals surface area contributed by atoms with Crippen LogP contribution in [0.1, 0.15) is 78.5 Å². The fraction of sp³-hybridized carbons (Fsp3) is 0.471. The van der Waals surface area contributed by atoms with E-state index in [4.69, 9.17) is 9.47 Å². The Balaban J connectivity index is 1.28. The maximum Gasteiger partial charge on any atom is 0.417 e. The van der Waals surface area contributed by atoms with Crippen LogP contribution in [0.15, 0.2) is 54.6 Å². The molecule has 2 nitrogen and oxygen atoms in total. The third kappa shape index (κ3) is 7.22. The molecule has 1 heterocycles. The Kier molecular flexibility index (Phi) is 9.04. The van der Waals surface area contributed by atoms with E-state index in [1.807, 2.05) is 0 Å². The van der Waals surface area contributed by atoms with Crippen LogP contribution in [0, 0.1) is 18.8 Å². The van der Waals surface area contributed by atoms with Gasteiger partial charge in [-0.05, 0) is 96.9 Å². The molecule has 2 aliphatic rings. The van der Waals surface area contributed by atoms with Crippen LogP contribution >= 0.6 is 0 Å². The molecule has 0 radical (unpaired) electrons. The highest BCUT2D eigenvalue weighted by Gasteiger charge is 2.49. The molecule has 1 saturated heterocycles. The van der Waals surface area contributed by atoms with Crippen molar-refractivity contribution in [2.75, 3.05) is 6.61 Å². The number of alkyl halides is 8. The molecule has 238 valence electrons. The van der Waals surface area contributed by atoms with Crippen molar-refractivity contribution in [1.29, 1.82) is 0 Å². The molecule has 0 bridgehead atoms. The van der Waals surface area contributed by atoms with E-state index in [0.29, 0.717) is 24.3 Å². The van der Waals surface area contributed by atoms with Gasteiger partial charge >= 0.3 is 18.5 Å². The molecule has 0 amide bonds. The van der Waals surface area contributed by atoms with Crippen molar-refractivity contribution >= 4 is 0 Å². The average Bonchev–Trinajstić information content (AvgIpc) is 3.81. The van der Waals surface area contributed by atoms with E-state index in [9.17, 15) is 35.1 Å². The minimum absolute atomic E-state index is 0.0479. The smallest absolute Gasteiger partial charge is 0.417 e. The lowest BCUT2D eigenvalue weighted by Crippen LogP contribution is -2.37. The number of rotatable bonds is 9. The Morgan fingerprint density at radius 1 is 0.750 bits per heavy atom. The first kappa shape index (κ1) is 32.3. The Hall–Kier alpha value is -3.14. The molecule has 1 unspecified atom stereocenters. The highest BCUT2D eigenvalue weighted by Crippen LogP contribution is 2.49. The predicted octanol–water partition coefficient (Wildman–Crippen LogP) is 10.7. The van der Waals surface area contributed by atoms with Gasteiger partial charge in [-0.3, -0.25) is 0 Å². The maximum absolute atomic E-state index is 14.8. The number of hydrogen-bond acceptors (Lipinski definition) is 2. The molecule has 1 aliphatic heterocycles. The molecule has 44 heavy (non-hydrogen) atoms. The van der Waals surface area contributed by atoms with E-state index in [1.54, 1.807) is 36.4 Å². The summed E-state index contributed by atoms with van der Waals surface area (Å²) in [5.74, 6) is -0.273. The van der Waals surface area contributed by atoms with Gasteiger partial charge in [-0.2, -0.15) is 35.1 Å². The van der Waals surface area contributed by atoms with E-state index in [1.165, 1.54) is 19.1 Å². The lowest BCUT2D eigenvalue weighted by atomic mass is 9.80. The van der Waals surface area contributed by atoms with Crippen LogP contribution in [0.25, 0.3) is 11.1 Å². The van der Waals surface area contributed by atoms with Gasteiger partial charge in [-0.25, -0.2) is 0 Å². The second-order valence-corrected chi connectivity index (χ2v) is 11.8. The normalized spacial score (nSPS) is 20.9. The summed E-state index contributed by atoms with van der Waals surface area (Å²) in [6, 6.07) is 14.3. The molecule has 0 aromatic heterocycles. The maximum atomic E-state index is 14.8. The van der Waals surface area contributed by atoms with Crippen LogP contribution in [0.4, 0.5) is 35.1 Å². The molecule has 0 spiro atoms. The van der Waals surface area contributed by atoms with Gasteiger partial charge in [0.05, 0.1) is 23.7 Å². The first-order chi connectivity index (χ1) is 20.7. The van der Waals surface area contributed by atoms with Crippen molar-refractivity contribution in [2.24, 2.45) is 11.8 Å². The fourth-order valence-electron chi connectivity index (χ4n) is 6.30. The summed E-state index contributed by atoms with van der Waals surface area (Å²) in [4.78, 5) is 0. The SMILES string of the molecule is CCC1CCC(C(F)(F)Oc2ccc(-c3ccc(CCc4c(C)cc(C5CO5)c(C(F)(F)F)c4C(F)(F)F)cc3)cc2)CC1. The molecule has 2 fully saturated rings. The molecule has 5 rings (SSSR count). The fourth-order valence-corrected chi connectivity index (χ4v) is 6.30. The Bertz CT molecular complexity index is 1430. The molecule has 3 aromatic carbocycles. The predicted molar refractivity (Wildman–Crippen MR) is 150 cm³/mol. The van der Waals surface area contributed by atoms with Crippen molar-refractivity contribution in [3.05, 3.63) is 88.0 Å². The zero-order valence-corrected chi connectivity index (χ0v) is 24.4. The van der Waals surface area contributed by atoms with Crippen LogP contribution in [-0.4, -0.2) is 12.7 Å². The van der Waals surface area contributed by atoms with Crippen LogP contribution in [0.2, 0.25) is 0 Å². The molecule has 10 heteroatoms. The highest BCUT2D eigenvalue weighted by atomic mass is 19.4. The molecule has 3 aromatic rings. The number of ether oxygens (including phenoxy) is 2. The van der Waals surface area contributed by atoms with Crippen molar-refractivity contribution in [3.63, 3.8) is 0 Å². The monoisotopic (exact) mass is 626 g/mol. The lowest BCUT2D eigenvalue weighted by Gasteiger charge is -2.33. The average molecular weight is 627 g/mol. The molecule has 0 N–H and O–H groups in total. The first-order valence-corrected chi connectivity index (χ1v) is 14.9. The number of halogens is 8. The number of aryl methyl sites for hydroxylation is 2. The van der Waals surface area contributed by atoms with Crippen molar-refractivity contribution in [3.8, 4) is 16.9 Å². The minimum atomic E-state index is -5.20. The van der Waals surface area contributed by atoms with Crippen LogP contribution in [0.3, 0.4) is 0 Å². The summed E-state index contributed by atoms with van der Waals surface area (Å²) in [5.41, 5.74) is -1.94. The zero-order chi connectivity index (χ0) is 31.9. The number of hydrogen-bond donors (Lipinski definition) is 0. The molecule has 1 atom stereocenters. The van der Waals surface area contributed by atoms with Crippen LogP contribution in [0.5, 0.6) is 5.75 Å². The van der Waals surface area contributed by atoms with Gasteiger partial charge in [0.1, 0.15) is 11.9 Å². The third-order valence-electron chi connectivity index (χ3n) is 8.89. The van der Waals surface area contributed by atoms with Gasteiger partial charge in [0, 0.05) is 0 Å². The quantitative estimate of drug-likeness (QED) is 0.174. The second kappa shape index (κ2) is 12.3. The van der Waals surface area contributed by atoms with Crippen molar-refractivity contribution < 1.29 is 44.6 Å². The third-order valence-corrected chi connectivity index (χ3v) is 8.89. The van der Waals surface area contributed by atoms with Gasteiger partial charge in [0.15, 0.2) is 0 Å². The van der Waals surface area contributed by atoms with E-state index in [0.717, 1.165) is 36.5 Å². The zero-order valence-electron chi connectivity index (χ0n) is 24.4. The number of benzene rings is 3. The summed E-state index contributed by atoms with van der Waals surface area (Å²) >= 11 is 0. The topological polar surface area (TPSA) is 21.8 Å². The van der Waals surface area contributed by atoms with Gasteiger partial charge in [0.25, 0.3) is 0 Å². The standard InChI is InChI=1S/C34H34F8O2/c1-3-21-6-13-25(14-7-21)34(41,42)44-26-15-11-24(12-16-26)23-9-4-22(5-10-23)8-17-27-20(2)18-28(29-19-43-29)31(33(38,39)40)30(27)32(35,36)37/h4-5,9-12,15-16,18,21,25,29H,3,6-8,13-14,17,19H2,1-2H3. The van der Waals surface area contributed by atoms with Crippen molar-refractivity contribution in [2.45, 2.75) is 83.4 Å². The second-order valence-electron chi connectivity index (χ2n) is 11.8. The summed E-state index contributed by atoms with van der Waals surface area (Å²) < 4.78 is 124. The Labute approximate surface area is 251 Å². The van der Waals surface area contributed by atoms with E-state index in [-0.39, 0.29) is 36.3 Å². The van der Waals surface area contributed by atoms with E-state index in [2.05, 4.69) is 6.92 Å². The van der Waals surface area contributed by atoms with Gasteiger partial charge in [-0.15, -0.1) is 0 Å². The summed E-state index contributed by atoms with van der Waals surface area (Å²) in [6.07, 6.45) is -11.4.